The van der Waals surface area contributed by atoms with Crippen LogP contribution in [0.4, 0.5) is 0 Å². The largest absolute Gasteiger partial charge is 0.465 e. The van der Waals surface area contributed by atoms with Gasteiger partial charge in [-0.15, -0.1) is 11.3 Å². The number of nitrogens with one attached hydrogen (secondary N) is 1. The van der Waals surface area contributed by atoms with E-state index < -0.39 is 5.97 Å². The van der Waals surface area contributed by atoms with Crippen molar-refractivity contribution in [2.24, 2.45) is 5.92 Å². The van der Waals surface area contributed by atoms with Crippen molar-refractivity contribution in [2.45, 2.75) is 39.2 Å². The Morgan fingerprint density at radius 1 is 1.39 bits per heavy atom. The molecule has 0 radical (unpaired) electrons. The molecule has 0 aliphatic carbocycles. The summed E-state index contributed by atoms with van der Waals surface area (Å²) in [5.41, 5.74) is -0.0766. The SMILES string of the molecule is COC(=O)c1ccc(C(=O)NCC(C)(C)N2CCCC(C)C2)s1. The van der Waals surface area contributed by atoms with E-state index in [-0.39, 0.29) is 11.4 Å². The molecule has 1 saturated heterocycles. The molecule has 1 unspecified atom stereocenters. The molecule has 1 amide bonds. The zero-order chi connectivity index (χ0) is 17.0. The molecule has 0 saturated carbocycles. The average Bonchev–Trinajstić information content (AvgIpc) is 3.02. The molecule has 1 N–H and O–H groups in total. The van der Waals surface area contributed by atoms with Crippen LogP contribution < -0.4 is 5.32 Å². The van der Waals surface area contributed by atoms with Crippen LogP contribution >= 0.6 is 11.3 Å². The Hall–Kier alpha value is -1.40. The van der Waals surface area contributed by atoms with Gasteiger partial charge >= 0.3 is 5.97 Å². The molecule has 1 aliphatic heterocycles. The molecule has 2 heterocycles. The molecule has 1 atom stereocenters. The first kappa shape index (κ1) is 17.9. The number of ether oxygens (including phenoxy) is 1. The maximum atomic E-state index is 12.3. The van der Waals surface area contributed by atoms with Gasteiger partial charge in [0.1, 0.15) is 4.88 Å². The van der Waals surface area contributed by atoms with Crippen LogP contribution in [0.15, 0.2) is 12.1 Å². The van der Waals surface area contributed by atoms with Crippen LogP contribution in [0.25, 0.3) is 0 Å². The number of esters is 1. The molecule has 0 spiro atoms. The molecule has 1 aliphatic rings. The molecule has 1 aromatic heterocycles. The summed E-state index contributed by atoms with van der Waals surface area (Å²) in [7, 11) is 1.34. The van der Waals surface area contributed by atoms with Crippen LogP contribution in [0.3, 0.4) is 0 Å². The topological polar surface area (TPSA) is 58.6 Å². The van der Waals surface area contributed by atoms with Crippen LogP contribution in [-0.2, 0) is 4.74 Å². The van der Waals surface area contributed by atoms with Crippen LogP contribution in [0, 0.1) is 5.92 Å². The second kappa shape index (κ2) is 7.45. The number of thiophene rings is 1. The maximum Gasteiger partial charge on any atom is 0.348 e. The molecule has 1 fully saturated rings. The van der Waals surface area contributed by atoms with Gasteiger partial charge in [-0.05, 0) is 51.3 Å². The van der Waals surface area contributed by atoms with Crippen molar-refractivity contribution in [2.75, 3.05) is 26.7 Å². The zero-order valence-electron chi connectivity index (χ0n) is 14.3. The molecule has 5 nitrogen and oxygen atoms in total. The minimum absolute atomic E-state index is 0.0766. The minimum Gasteiger partial charge on any atom is -0.465 e. The molecule has 2 rings (SSSR count). The number of hydrogen-bond acceptors (Lipinski definition) is 5. The van der Waals surface area contributed by atoms with Gasteiger partial charge in [-0.2, -0.15) is 0 Å². The first-order valence-electron chi connectivity index (χ1n) is 8.05. The maximum absolute atomic E-state index is 12.3. The molecule has 1 aromatic rings. The molecular weight excluding hydrogens is 312 g/mol. The van der Waals surface area contributed by atoms with E-state index in [1.807, 2.05) is 0 Å². The summed E-state index contributed by atoms with van der Waals surface area (Å²) in [4.78, 5) is 27.2. The van der Waals surface area contributed by atoms with E-state index in [1.54, 1.807) is 12.1 Å². The number of likely N-dealkylation sites (tertiary alicyclic amines) is 1. The number of rotatable bonds is 5. The Bertz CT molecular complexity index is 568. The summed E-state index contributed by atoms with van der Waals surface area (Å²) in [5, 5.41) is 3.00. The van der Waals surface area contributed by atoms with E-state index in [9.17, 15) is 9.59 Å². The van der Waals surface area contributed by atoms with Crippen LogP contribution in [-0.4, -0.2) is 49.1 Å². The Kier molecular flexibility index (Phi) is 5.81. The van der Waals surface area contributed by atoms with Gasteiger partial charge < -0.3 is 10.1 Å². The highest BCUT2D eigenvalue weighted by molar-refractivity contribution is 7.15. The quantitative estimate of drug-likeness (QED) is 0.839. The second-order valence-electron chi connectivity index (χ2n) is 6.84. The Labute approximate surface area is 142 Å². The number of methoxy groups -OCH3 is 1. The number of piperidine rings is 1. The fourth-order valence-corrected chi connectivity index (χ4v) is 3.75. The number of carbonyl (C=O) groups is 2. The highest BCUT2D eigenvalue weighted by Gasteiger charge is 2.30. The summed E-state index contributed by atoms with van der Waals surface area (Å²) in [5.74, 6) is 0.165. The average molecular weight is 338 g/mol. The van der Waals surface area contributed by atoms with Crippen LogP contribution in [0.5, 0.6) is 0 Å². The fraction of sp³-hybridized carbons (Fsp3) is 0.647. The summed E-state index contributed by atoms with van der Waals surface area (Å²) in [6.07, 6.45) is 2.50. The van der Waals surface area contributed by atoms with Crippen LogP contribution in [0.1, 0.15) is 53.0 Å². The lowest BCUT2D eigenvalue weighted by Gasteiger charge is -2.43. The van der Waals surface area contributed by atoms with E-state index in [1.165, 1.54) is 20.0 Å². The lowest BCUT2D eigenvalue weighted by molar-refractivity contribution is 0.0606. The van der Waals surface area contributed by atoms with Gasteiger partial charge in [0, 0.05) is 18.6 Å². The summed E-state index contributed by atoms with van der Waals surface area (Å²) < 4.78 is 4.67. The van der Waals surface area contributed by atoms with Crippen molar-refractivity contribution in [3.05, 3.63) is 21.9 Å². The van der Waals surface area contributed by atoms with E-state index >= 15 is 0 Å². The van der Waals surface area contributed by atoms with Gasteiger partial charge in [0.15, 0.2) is 0 Å². The lowest BCUT2D eigenvalue weighted by atomic mass is 9.93. The van der Waals surface area contributed by atoms with E-state index in [0.29, 0.717) is 22.2 Å². The van der Waals surface area contributed by atoms with E-state index in [0.717, 1.165) is 24.4 Å². The Morgan fingerprint density at radius 3 is 2.74 bits per heavy atom. The van der Waals surface area contributed by atoms with Gasteiger partial charge in [0.05, 0.1) is 12.0 Å². The van der Waals surface area contributed by atoms with Gasteiger partial charge in [-0.3, -0.25) is 9.69 Å². The highest BCUT2D eigenvalue weighted by Crippen LogP contribution is 2.24. The Balaban J connectivity index is 1.92. The normalized spacial score (nSPS) is 19.4. The van der Waals surface area contributed by atoms with E-state index in [4.69, 9.17) is 0 Å². The molecule has 6 heteroatoms. The number of carbonyl (C=O) groups excluding carboxylic acids is 2. The fourth-order valence-electron chi connectivity index (χ4n) is 2.90. The third kappa shape index (κ3) is 4.54. The van der Waals surface area contributed by atoms with Gasteiger partial charge in [-0.25, -0.2) is 4.79 Å². The first-order valence-corrected chi connectivity index (χ1v) is 8.86. The predicted octanol–water partition coefficient (Wildman–Crippen LogP) is 2.78. The third-order valence-electron chi connectivity index (χ3n) is 4.41. The summed E-state index contributed by atoms with van der Waals surface area (Å²) in [6, 6.07) is 3.30. The van der Waals surface area contributed by atoms with Crippen LogP contribution in [0.2, 0.25) is 0 Å². The highest BCUT2D eigenvalue weighted by atomic mass is 32.1. The van der Waals surface area contributed by atoms with Crippen molar-refractivity contribution in [3.8, 4) is 0 Å². The summed E-state index contributed by atoms with van der Waals surface area (Å²) in [6.45, 7) is 9.36. The number of hydrogen-bond donors (Lipinski definition) is 1. The van der Waals surface area contributed by atoms with Crippen molar-refractivity contribution < 1.29 is 14.3 Å². The standard InChI is InChI=1S/C17H26N2O3S/c1-12-6-5-9-19(10-12)17(2,3)11-18-15(20)13-7-8-14(23-13)16(21)22-4/h7-8,12H,5-6,9-11H2,1-4H3,(H,18,20). The number of nitrogens with zero attached hydrogens (tertiary/aromatic N) is 1. The van der Waals surface area contributed by atoms with E-state index in [2.05, 4.69) is 35.7 Å². The third-order valence-corrected chi connectivity index (χ3v) is 5.48. The Morgan fingerprint density at radius 2 is 2.09 bits per heavy atom. The van der Waals surface area contributed by atoms with Gasteiger partial charge in [0.2, 0.25) is 0 Å². The second-order valence-corrected chi connectivity index (χ2v) is 7.93. The first-order chi connectivity index (χ1) is 10.8. The molecule has 0 bridgehead atoms. The van der Waals surface area contributed by atoms with Crippen molar-refractivity contribution in [1.29, 1.82) is 0 Å². The molecule has 128 valence electrons. The van der Waals surface area contributed by atoms with Gasteiger partial charge in [0.25, 0.3) is 5.91 Å². The molecule has 23 heavy (non-hydrogen) atoms. The monoisotopic (exact) mass is 338 g/mol. The zero-order valence-corrected chi connectivity index (χ0v) is 15.2. The van der Waals surface area contributed by atoms with Crippen molar-refractivity contribution in [3.63, 3.8) is 0 Å². The van der Waals surface area contributed by atoms with Gasteiger partial charge in [-0.1, -0.05) is 6.92 Å². The lowest BCUT2D eigenvalue weighted by Crippen LogP contribution is -2.54. The molecule has 0 aromatic carbocycles. The van der Waals surface area contributed by atoms with Crippen molar-refractivity contribution >= 4 is 23.2 Å². The predicted molar refractivity (Wildman–Crippen MR) is 92.0 cm³/mol. The summed E-state index contributed by atoms with van der Waals surface area (Å²) >= 11 is 1.16. The van der Waals surface area contributed by atoms with Crippen molar-refractivity contribution in [1.82, 2.24) is 10.2 Å². The smallest absolute Gasteiger partial charge is 0.348 e. The minimum atomic E-state index is -0.406. The number of amides is 1. The molecular formula is C17H26N2O3S.